The van der Waals surface area contributed by atoms with Gasteiger partial charge in [-0.3, -0.25) is 0 Å². The van der Waals surface area contributed by atoms with E-state index in [4.69, 9.17) is 0 Å². The largest absolute Gasteiger partial charge is 0.462 e. The molecule has 0 saturated carbocycles. The Morgan fingerprint density at radius 2 is 0.514 bits per heavy atom. The fourth-order valence-corrected chi connectivity index (χ4v) is 1.27. The Balaban J connectivity index is 6.11. The summed E-state index contributed by atoms with van der Waals surface area (Å²) in [6.07, 6.45) is -54.2. The summed E-state index contributed by atoms with van der Waals surface area (Å²) in [6, 6.07) is 0. The van der Waals surface area contributed by atoms with Gasteiger partial charge in [0.05, 0.1) is 0 Å². The summed E-state index contributed by atoms with van der Waals surface area (Å²) in [7, 11) is 0. The van der Waals surface area contributed by atoms with Gasteiger partial charge in [0.2, 0.25) is 0 Å². The Labute approximate surface area is 175 Å². The molecule has 0 saturated heterocycles. The molecule has 0 aromatic carbocycles. The molecular formula is C11H3F21O3. The molecular weight excluding hydrogens is 579 g/mol. The third-order valence-corrected chi connectivity index (χ3v) is 3.09. The lowest BCUT2D eigenvalue weighted by Crippen LogP contribution is -2.62. The van der Waals surface area contributed by atoms with E-state index in [1.165, 1.54) is 9.47 Å². The Hall–Kier alpha value is -1.59. The summed E-state index contributed by atoms with van der Waals surface area (Å²) < 4.78 is 269. The third-order valence-electron chi connectivity index (χ3n) is 3.09. The molecule has 0 aliphatic rings. The fraction of sp³-hybridized carbons (Fsp3) is 1.00. The normalized spacial score (nSPS) is 16.6. The van der Waals surface area contributed by atoms with Crippen LogP contribution in [0, 0.1) is 0 Å². The molecule has 0 amide bonds. The Morgan fingerprint density at radius 3 is 0.714 bits per heavy atom. The van der Waals surface area contributed by atoms with Crippen LogP contribution in [0.4, 0.5) is 92.2 Å². The van der Waals surface area contributed by atoms with Crippen molar-refractivity contribution in [3.63, 3.8) is 0 Å². The molecule has 35 heavy (non-hydrogen) atoms. The van der Waals surface area contributed by atoms with Crippen LogP contribution in [0.3, 0.4) is 0 Å². The molecule has 0 radical (unpaired) electrons. The number of ether oxygens (including phenoxy) is 3. The van der Waals surface area contributed by atoms with Crippen LogP contribution in [-0.4, -0.2) is 60.6 Å². The second-order valence-corrected chi connectivity index (χ2v) is 5.94. The maximum atomic E-state index is 13.1. The van der Waals surface area contributed by atoms with Crippen LogP contribution in [0.5, 0.6) is 0 Å². The molecule has 0 spiro atoms. The van der Waals surface area contributed by atoms with Crippen molar-refractivity contribution in [1.82, 2.24) is 0 Å². The second kappa shape index (κ2) is 8.48. The molecule has 0 unspecified atom stereocenters. The summed E-state index contributed by atoms with van der Waals surface area (Å²) in [6.45, 7) is -1.14. The van der Waals surface area contributed by atoms with Crippen molar-refractivity contribution < 1.29 is 106 Å². The Bertz CT molecular complexity index is 685. The highest BCUT2D eigenvalue weighted by Gasteiger charge is 2.81. The number of hydrogen-bond acceptors (Lipinski definition) is 3. The molecule has 0 N–H and O–H groups in total. The molecule has 24 heteroatoms. The van der Waals surface area contributed by atoms with Crippen LogP contribution in [0.15, 0.2) is 0 Å². The minimum atomic E-state index is -7.90. The molecule has 0 heterocycles. The lowest BCUT2D eigenvalue weighted by atomic mass is 10.2. The smallest absolute Gasteiger partial charge is 0.243 e. The van der Waals surface area contributed by atoms with Crippen LogP contribution >= 0.6 is 0 Å². The Kier molecular flexibility index (Phi) is 8.09. The number of alkyl halides is 21. The van der Waals surface area contributed by atoms with Crippen LogP contribution < -0.4 is 0 Å². The van der Waals surface area contributed by atoms with Crippen molar-refractivity contribution in [2.24, 2.45) is 0 Å². The van der Waals surface area contributed by atoms with E-state index in [0.29, 0.717) is 0 Å². The SMILES string of the molecule is CC(F)(F)C(F)(F)C(F)(F)OC(F)(F)C(F)(F)OC(F)(F)C(F)(F)OC(F)(F)C(F)(F)C(F)(F)F. The van der Waals surface area contributed by atoms with E-state index < -0.39 is 67.5 Å². The molecule has 0 bridgehead atoms. The summed E-state index contributed by atoms with van der Waals surface area (Å²) >= 11 is 0. The molecule has 0 rings (SSSR count). The van der Waals surface area contributed by atoms with Gasteiger partial charge in [-0.05, 0) is 0 Å². The lowest BCUT2D eigenvalue weighted by Gasteiger charge is -2.37. The Morgan fingerprint density at radius 1 is 0.314 bits per heavy atom. The van der Waals surface area contributed by atoms with Crippen molar-refractivity contribution >= 4 is 0 Å². The zero-order valence-corrected chi connectivity index (χ0v) is 15.2. The summed E-state index contributed by atoms with van der Waals surface area (Å²) in [5.41, 5.74) is 0. The van der Waals surface area contributed by atoms with Gasteiger partial charge in [0.25, 0.3) is 0 Å². The van der Waals surface area contributed by atoms with E-state index in [9.17, 15) is 92.2 Å². The molecule has 0 atom stereocenters. The standard InChI is InChI=1S/C11H3F21O3/c1-2(12,13)3(14,15)6(21,22)33-8(25,26)10(29,30)35-11(31,32)9(27,28)34-7(23,24)4(16,17)5(18,19)20/h1H3. The highest BCUT2D eigenvalue weighted by Crippen LogP contribution is 2.54. The number of halogens is 21. The van der Waals surface area contributed by atoms with E-state index in [-0.39, 0.29) is 0 Å². The van der Waals surface area contributed by atoms with E-state index in [1.54, 1.807) is 0 Å². The van der Waals surface area contributed by atoms with Gasteiger partial charge in [0.1, 0.15) is 0 Å². The maximum Gasteiger partial charge on any atom is 0.462 e. The number of rotatable bonds is 11. The molecule has 0 aromatic heterocycles. The van der Waals surface area contributed by atoms with Gasteiger partial charge < -0.3 is 0 Å². The third kappa shape index (κ3) is 6.05. The van der Waals surface area contributed by atoms with E-state index in [2.05, 4.69) is 0 Å². The highest BCUT2D eigenvalue weighted by molar-refractivity contribution is 4.91. The van der Waals surface area contributed by atoms with Crippen molar-refractivity contribution in [3.8, 4) is 0 Å². The molecule has 212 valence electrons. The minimum Gasteiger partial charge on any atom is -0.243 e. The predicted molar refractivity (Wildman–Crippen MR) is 59.5 cm³/mol. The van der Waals surface area contributed by atoms with Crippen molar-refractivity contribution in [1.29, 1.82) is 0 Å². The van der Waals surface area contributed by atoms with Gasteiger partial charge in [-0.2, -0.15) is 92.2 Å². The van der Waals surface area contributed by atoms with Gasteiger partial charge >= 0.3 is 60.6 Å². The van der Waals surface area contributed by atoms with Crippen molar-refractivity contribution in [3.05, 3.63) is 0 Å². The average Bonchev–Trinajstić information content (AvgIpc) is 2.48. The van der Waals surface area contributed by atoms with Gasteiger partial charge in [0, 0.05) is 6.92 Å². The van der Waals surface area contributed by atoms with Gasteiger partial charge in [0.15, 0.2) is 0 Å². The van der Waals surface area contributed by atoms with Crippen LogP contribution in [-0.2, 0) is 14.2 Å². The lowest BCUT2D eigenvalue weighted by molar-refractivity contribution is -0.574. The quantitative estimate of drug-likeness (QED) is 0.244. The fourth-order valence-electron chi connectivity index (χ4n) is 1.27. The first-order chi connectivity index (χ1) is 14.6. The van der Waals surface area contributed by atoms with E-state index in [0.717, 1.165) is 4.74 Å². The van der Waals surface area contributed by atoms with Crippen LogP contribution in [0.2, 0.25) is 0 Å². The first-order valence-corrected chi connectivity index (χ1v) is 7.19. The molecule has 0 fully saturated rings. The van der Waals surface area contributed by atoms with Gasteiger partial charge in [-0.1, -0.05) is 0 Å². The zero-order valence-electron chi connectivity index (χ0n) is 15.2. The predicted octanol–water partition coefficient (Wildman–Crippen LogP) is 7.08. The van der Waals surface area contributed by atoms with Crippen molar-refractivity contribution in [2.75, 3.05) is 0 Å². The molecule has 0 aromatic rings. The monoisotopic (exact) mass is 582 g/mol. The number of hydrogen-bond donors (Lipinski definition) is 0. The summed E-state index contributed by atoms with van der Waals surface area (Å²) in [5.74, 6) is -21.1. The zero-order chi connectivity index (χ0) is 29.1. The van der Waals surface area contributed by atoms with Crippen molar-refractivity contribution in [2.45, 2.75) is 67.5 Å². The molecule has 0 aliphatic heterocycles. The summed E-state index contributed by atoms with van der Waals surface area (Å²) in [4.78, 5) is 0. The average molecular weight is 582 g/mol. The van der Waals surface area contributed by atoms with Crippen LogP contribution in [0.25, 0.3) is 0 Å². The topological polar surface area (TPSA) is 27.7 Å². The second-order valence-electron chi connectivity index (χ2n) is 5.94. The van der Waals surface area contributed by atoms with Gasteiger partial charge in [-0.25, -0.2) is 14.2 Å². The molecule has 3 nitrogen and oxygen atoms in total. The van der Waals surface area contributed by atoms with E-state index in [1.807, 2.05) is 0 Å². The first kappa shape index (κ1) is 33.4. The minimum absolute atomic E-state index is 1.14. The van der Waals surface area contributed by atoms with E-state index >= 15 is 0 Å². The first-order valence-electron chi connectivity index (χ1n) is 7.19. The molecule has 0 aliphatic carbocycles. The van der Waals surface area contributed by atoms with Crippen LogP contribution in [0.1, 0.15) is 6.92 Å². The maximum absolute atomic E-state index is 13.1. The van der Waals surface area contributed by atoms with Gasteiger partial charge in [-0.15, -0.1) is 0 Å². The summed E-state index contributed by atoms with van der Waals surface area (Å²) in [5, 5.41) is 0. The highest BCUT2D eigenvalue weighted by atomic mass is 19.4.